The summed E-state index contributed by atoms with van der Waals surface area (Å²) in [6.07, 6.45) is 4.21. The molecule has 0 aliphatic carbocycles. The number of hydrogen-bond donors (Lipinski definition) is 4. The number of benzene rings is 1. The first-order valence-corrected chi connectivity index (χ1v) is 14.4. The lowest BCUT2D eigenvalue weighted by Crippen LogP contribution is -2.62. The van der Waals surface area contributed by atoms with E-state index in [1.54, 1.807) is 19.2 Å². The van der Waals surface area contributed by atoms with Crippen molar-refractivity contribution in [2.24, 2.45) is 5.92 Å². The molecule has 0 unspecified atom stereocenters. The molecule has 2 aliphatic rings. The number of nitrogens with one attached hydrogen (secondary N) is 3. The summed E-state index contributed by atoms with van der Waals surface area (Å²) in [7, 11) is 1.56. The Morgan fingerprint density at radius 3 is 2.37 bits per heavy atom. The van der Waals surface area contributed by atoms with E-state index in [9.17, 15) is 29.2 Å². The molecule has 0 spiro atoms. The van der Waals surface area contributed by atoms with Gasteiger partial charge >= 0.3 is 0 Å². The normalized spacial score (nSPS) is 24.2. The number of rotatable bonds is 12. The van der Waals surface area contributed by atoms with Crippen LogP contribution in [-0.2, 0) is 30.4 Å². The van der Waals surface area contributed by atoms with E-state index in [4.69, 9.17) is 4.74 Å². The number of unbranched alkanes of at least 4 members (excludes halogenated alkanes) is 2. The van der Waals surface area contributed by atoms with Gasteiger partial charge in [-0.05, 0) is 49.3 Å². The molecule has 2 aliphatic heterocycles. The summed E-state index contributed by atoms with van der Waals surface area (Å²) in [6.45, 7) is 4.39. The minimum atomic E-state index is -0.987. The molecule has 3 rings (SSSR count). The van der Waals surface area contributed by atoms with Crippen molar-refractivity contribution >= 4 is 30.0 Å². The number of carbonyl (C=O) groups is 5. The van der Waals surface area contributed by atoms with Gasteiger partial charge in [0, 0.05) is 19.5 Å². The first-order chi connectivity index (χ1) is 19.7. The molecule has 2 heterocycles. The summed E-state index contributed by atoms with van der Waals surface area (Å²) in [5.74, 6) is -1.16. The molecule has 0 bridgehead atoms. The highest BCUT2D eigenvalue weighted by atomic mass is 16.5. The van der Waals surface area contributed by atoms with Crippen molar-refractivity contribution in [3.05, 3.63) is 29.8 Å². The average molecular weight is 574 g/mol. The van der Waals surface area contributed by atoms with Crippen molar-refractivity contribution in [2.45, 2.75) is 89.4 Å². The molecule has 1 aromatic carbocycles. The molecular formula is C29H43N5O7. The summed E-state index contributed by atoms with van der Waals surface area (Å²) < 4.78 is 5.22. The Hall–Kier alpha value is -3.67. The second-order valence-corrected chi connectivity index (χ2v) is 10.9. The monoisotopic (exact) mass is 573 g/mol. The summed E-state index contributed by atoms with van der Waals surface area (Å²) >= 11 is 0. The van der Waals surface area contributed by atoms with Crippen LogP contribution in [0.15, 0.2) is 24.3 Å². The standard InChI is InChI=1S/C29H43N5O7/c1-4-19(2)25-29(39)34-16-8-10-24(34)28(38)30-22(9-6-5-7-15-33(40)18-35)26(36)31-23(27(37)32-25)17-20-11-13-21(41-3)14-12-20/h11-14,18-19,22-25,40H,4-10,15-17H2,1-3H3,(H,30,38)(H,31,36)(H,32,37)/t19-,22+,23-,24-,25+/m1/s1. The molecule has 5 atom stereocenters. The number of ether oxygens (including phenoxy) is 1. The van der Waals surface area contributed by atoms with Crippen molar-refractivity contribution in [3.63, 3.8) is 0 Å². The van der Waals surface area contributed by atoms with Crippen molar-refractivity contribution < 1.29 is 33.9 Å². The zero-order chi connectivity index (χ0) is 29.9. The number of hydroxylamine groups is 2. The SMILES string of the molecule is CC[C@@H](C)[C@@H]1NC(=O)[C@@H](Cc2ccc(OC)cc2)NC(=O)[C@H](CCCCCN(O)C=O)NC(=O)[C@H]2CCCN2C1=O. The van der Waals surface area contributed by atoms with Crippen LogP contribution in [0, 0.1) is 5.92 Å². The predicted molar refractivity (Wildman–Crippen MR) is 150 cm³/mol. The zero-order valence-corrected chi connectivity index (χ0v) is 24.1. The first-order valence-electron chi connectivity index (χ1n) is 14.4. The van der Waals surface area contributed by atoms with Gasteiger partial charge in [0.25, 0.3) is 0 Å². The number of hydrogen-bond acceptors (Lipinski definition) is 7. The molecule has 2 saturated heterocycles. The molecule has 12 nitrogen and oxygen atoms in total. The van der Waals surface area contributed by atoms with E-state index < -0.39 is 36.0 Å². The summed E-state index contributed by atoms with van der Waals surface area (Å²) in [5, 5.41) is 18.5. The fraction of sp³-hybridized carbons (Fsp3) is 0.621. The van der Waals surface area contributed by atoms with E-state index in [1.807, 2.05) is 26.0 Å². The Labute approximate surface area is 241 Å². The zero-order valence-electron chi connectivity index (χ0n) is 24.1. The molecule has 2 fully saturated rings. The number of fused-ring (bicyclic) bond motifs is 1. The van der Waals surface area contributed by atoms with Crippen LogP contribution in [0.4, 0.5) is 0 Å². The Balaban J connectivity index is 1.88. The van der Waals surface area contributed by atoms with Crippen molar-refractivity contribution in [1.82, 2.24) is 25.9 Å². The van der Waals surface area contributed by atoms with Crippen molar-refractivity contribution in [2.75, 3.05) is 20.2 Å². The van der Waals surface area contributed by atoms with Gasteiger partial charge < -0.3 is 25.6 Å². The van der Waals surface area contributed by atoms with Crippen molar-refractivity contribution in [3.8, 4) is 5.75 Å². The number of carbonyl (C=O) groups excluding carboxylic acids is 5. The number of methoxy groups -OCH3 is 1. The summed E-state index contributed by atoms with van der Waals surface area (Å²) in [4.78, 5) is 66.5. The van der Waals surface area contributed by atoms with Crippen LogP contribution >= 0.6 is 0 Å². The maximum atomic E-state index is 13.7. The molecule has 5 amide bonds. The fourth-order valence-corrected chi connectivity index (χ4v) is 5.29. The van der Waals surface area contributed by atoms with Crippen molar-refractivity contribution in [1.29, 1.82) is 0 Å². The number of nitrogens with zero attached hydrogens (tertiary/aromatic N) is 2. The highest BCUT2D eigenvalue weighted by Crippen LogP contribution is 2.23. The molecule has 226 valence electrons. The first kappa shape index (κ1) is 31.9. The van der Waals surface area contributed by atoms with Gasteiger partial charge in [-0.15, -0.1) is 0 Å². The van der Waals surface area contributed by atoms with Crippen LogP contribution in [0.2, 0.25) is 0 Å². The quantitative estimate of drug-likeness (QED) is 0.126. The smallest absolute Gasteiger partial charge is 0.246 e. The topological polar surface area (TPSA) is 157 Å². The van der Waals surface area contributed by atoms with Gasteiger partial charge in [0.05, 0.1) is 7.11 Å². The Morgan fingerprint density at radius 1 is 1.02 bits per heavy atom. The van der Waals surface area contributed by atoms with Gasteiger partial charge in [-0.1, -0.05) is 45.2 Å². The lowest BCUT2D eigenvalue weighted by atomic mass is 9.95. The van der Waals surface area contributed by atoms with Gasteiger partial charge in [0.2, 0.25) is 30.0 Å². The van der Waals surface area contributed by atoms with E-state index in [2.05, 4.69) is 16.0 Å². The molecular weight excluding hydrogens is 530 g/mol. The van der Waals surface area contributed by atoms with Gasteiger partial charge in [0.1, 0.15) is 29.9 Å². The molecule has 0 radical (unpaired) electrons. The van der Waals surface area contributed by atoms with Gasteiger partial charge in [0.15, 0.2) is 0 Å². The molecule has 0 aromatic heterocycles. The lowest BCUT2D eigenvalue weighted by molar-refractivity contribution is -0.149. The largest absolute Gasteiger partial charge is 0.497 e. The molecule has 0 saturated carbocycles. The summed E-state index contributed by atoms with van der Waals surface area (Å²) in [6, 6.07) is 3.70. The fourth-order valence-electron chi connectivity index (χ4n) is 5.29. The second kappa shape index (κ2) is 15.4. The van der Waals surface area contributed by atoms with E-state index in [0.29, 0.717) is 62.3 Å². The minimum Gasteiger partial charge on any atom is -0.497 e. The van der Waals surface area contributed by atoms with E-state index >= 15 is 0 Å². The molecule has 1 aromatic rings. The predicted octanol–water partition coefficient (Wildman–Crippen LogP) is 1.15. The van der Waals surface area contributed by atoms with Crippen LogP contribution in [0.25, 0.3) is 0 Å². The minimum absolute atomic E-state index is 0.160. The van der Waals surface area contributed by atoms with E-state index in [1.165, 1.54) is 4.90 Å². The van der Waals surface area contributed by atoms with E-state index in [0.717, 1.165) is 5.56 Å². The third-order valence-electron chi connectivity index (χ3n) is 7.98. The second-order valence-electron chi connectivity index (χ2n) is 10.9. The average Bonchev–Trinajstić information content (AvgIpc) is 3.48. The highest BCUT2D eigenvalue weighted by Gasteiger charge is 2.41. The lowest BCUT2D eigenvalue weighted by Gasteiger charge is -2.34. The summed E-state index contributed by atoms with van der Waals surface area (Å²) in [5.41, 5.74) is 0.786. The van der Waals surface area contributed by atoms with Crippen LogP contribution < -0.4 is 20.7 Å². The van der Waals surface area contributed by atoms with Crippen LogP contribution in [-0.4, -0.2) is 89.6 Å². The third kappa shape index (κ3) is 8.66. The van der Waals surface area contributed by atoms with Gasteiger partial charge in [-0.25, -0.2) is 5.06 Å². The van der Waals surface area contributed by atoms with Gasteiger partial charge in [-0.3, -0.25) is 29.2 Å². The number of amides is 5. The van der Waals surface area contributed by atoms with Crippen LogP contribution in [0.5, 0.6) is 5.75 Å². The Kier molecular flexibility index (Phi) is 11.9. The Bertz CT molecular complexity index is 1070. The third-order valence-corrected chi connectivity index (χ3v) is 7.98. The van der Waals surface area contributed by atoms with Gasteiger partial charge in [-0.2, -0.15) is 0 Å². The molecule has 12 heteroatoms. The van der Waals surface area contributed by atoms with Crippen LogP contribution in [0.3, 0.4) is 0 Å². The maximum absolute atomic E-state index is 13.7. The van der Waals surface area contributed by atoms with Crippen LogP contribution in [0.1, 0.15) is 64.4 Å². The molecule has 4 N–H and O–H groups in total. The molecule has 41 heavy (non-hydrogen) atoms. The van der Waals surface area contributed by atoms with E-state index in [-0.39, 0.29) is 37.1 Å². The Morgan fingerprint density at radius 2 is 1.71 bits per heavy atom. The highest BCUT2D eigenvalue weighted by molar-refractivity contribution is 5.98. The maximum Gasteiger partial charge on any atom is 0.246 e.